The lowest BCUT2D eigenvalue weighted by molar-refractivity contribution is 1.30. The molecule has 0 aromatic heterocycles. The Bertz CT molecular complexity index is 76.4. The van der Waals surface area contributed by atoms with Crippen LogP contribution in [0, 0.1) is 12.3 Å². The maximum Gasteiger partial charge on any atom is 0.0998 e. The second-order valence-corrected chi connectivity index (χ2v) is 0.744. The minimum Gasteiger partial charge on any atom is -0.275 e. The Kier molecular flexibility index (Phi) is 3.69. The van der Waals surface area contributed by atoms with Gasteiger partial charge in [-0.05, 0) is 6.92 Å². The summed E-state index contributed by atoms with van der Waals surface area (Å²) < 4.78 is 0. The van der Waals surface area contributed by atoms with Crippen LogP contribution in [0.1, 0.15) is 6.92 Å². The average Bonchev–Trinajstić information content (AvgIpc) is 1.61. The monoisotopic (exact) mass is 80.1 g/mol. The lowest BCUT2D eigenvalue weighted by Crippen LogP contribution is -1.67. The molecule has 0 aliphatic carbocycles. The van der Waals surface area contributed by atoms with Crippen molar-refractivity contribution < 1.29 is 0 Å². The topological polar surface area (TPSA) is 12.4 Å². The minimum atomic E-state index is 0.455. The number of rotatable bonds is 1. The van der Waals surface area contributed by atoms with Gasteiger partial charge in [0.25, 0.3) is 0 Å². The molecule has 0 atom stereocenters. The Balaban J connectivity index is 2.92. The number of terminal acetylenes is 1. The van der Waals surface area contributed by atoms with Crippen LogP contribution in [0.3, 0.4) is 0 Å². The molecule has 0 aliphatic heterocycles. The van der Waals surface area contributed by atoms with Gasteiger partial charge in [-0.2, -0.15) is 0 Å². The summed E-state index contributed by atoms with van der Waals surface area (Å²) in [5.74, 6) is 2.34. The number of hydrogen-bond donors (Lipinski definition) is 0. The molecule has 1 heteroatoms. The van der Waals surface area contributed by atoms with E-state index in [0.717, 1.165) is 0 Å². The molecule has 1 nitrogen and oxygen atoms in total. The van der Waals surface area contributed by atoms with Gasteiger partial charge in [0, 0.05) is 0 Å². The highest BCUT2D eigenvalue weighted by Gasteiger charge is 1.57. The van der Waals surface area contributed by atoms with Crippen LogP contribution >= 0.6 is 0 Å². The van der Waals surface area contributed by atoms with Gasteiger partial charge in [0.15, 0.2) is 0 Å². The van der Waals surface area contributed by atoms with Gasteiger partial charge in [-0.3, -0.25) is 4.99 Å². The van der Waals surface area contributed by atoms with E-state index in [4.69, 9.17) is 6.42 Å². The van der Waals surface area contributed by atoms with Crippen molar-refractivity contribution in [3.8, 4) is 12.3 Å². The van der Waals surface area contributed by atoms with Crippen LogP contribution in [-0.4, -0.2) is 12.8 Å². The molecule has 0 aromatic rings. The van der Waals surface area contributed by atoms with Gasteiger partial charge in [-0.15, -0.1) is 6.42 Å². The fourth-order valence-electron chi connectivity index (χ4n) is 0.125. The third-order valence-electron chi connectivity index (χ3n) is 0.328. The standard InChI is InChI=1S/C5H6N/c1-3-5-6-4-2/h1H,5H2,2H3. The van der Waals surface area contributed by atoms with Crippen molar-refractivity contribution in [2.45, 2.75) is 6.92 Å². The molecule has 0 unspecified atom stereocenters. The smallest absolute Gasteiger partial charge is 0.0998 e. The van der Waals surface area contributed by atoms with E-state index in [9.17, 15) is 0 Å². The minimum absolute atomic E-state index is 0.455. The van der Waals surface area contributed by atoms with E-state index in [0.29, 0.717) is 6.54 Å². The Labute approximate surface area is 38.1 Å². The predicted octanol–water partition coefficient (Wildman–Crippen LogP) is 0.587. The van der Waals surface area contributed by atoms with Crippen molar-refractivity contribution in [3.63, 3.8) is 0 Å². The fourth-order valence-corrected chi connectivity index (χ4v) is 0.125. The normalized spacial score (nSPS) is 8.67. The molecule has 0 aliphatic rings. The summed E-state index contributed by atoms with van der Waals surface area (Å²) >= 11 is 0. The molecule has 0 heterocycles. The molecule has 0 fully saturated rings. The van der Waals surface area contributed by atoms with Crippen molar-refractivity contribution in [2.75, 3.05) is 6.54 Å². The zero-order valence-corrected chi connectivity index (χ0v) is 3.73. The highest BCUT2D eigenvalue weighted by atomic mass is 14.7. The van der Waals surface area contributed by atoms with E-state index in [1.165, 1.54) is 0 Å². The van der Waals surface area contributed by atoms with Crippen molar-refractivity contribution in [3.05, 3.63) is 0 Å². The third kappa shape index (κ3) is 3.23. The quantitative estimate of drug-likeness (QED) is 0.323. The third-order valence-corrected chi connectivity index (χ3v) is 0.328. The molecule has 0 spiro atoms. The summed E-state index contributed by atoms with van der Waals surface area (Å²) in [5, 5.41) is 0. The molecule has 0 bridgehead atoms. The van der Waals surface area contributed by atoms with Crippen molar-refractivity contribution >= 4 is 6.21 Å². The summed E-state index contributed by atoms with van der Waals surface area (Å²) in [6.07, 6.45) is 7.38. The van der Waals surface area contributed by atoms with Crippen LogP contribution in [0.2, 0.25) is 0 Å². The Morgan fingerprint density at radius 2 is 2.50 bits per heavy atom. The SMILES string of the molecule is C#CC/N=[C]/C. The first kappa shape index (κ1) is 5.23. The van der Waals surface area contributed by atoms with Gasteiger partial charge >= 0.3 is 0 Å². The van der Waals surface area contributed by atoms with Crippen molar-refractivity contribution in [1.29, 1.82) is 0 Å². The van der Waals surface area contributed by atoms with Gasteiger partial charge in [-0.25, -0.2) is 0 Å². The van der Waals surface area contributed by atoms with Gasteiger partial charge in [-0.1, -0.05) is 5.92 Å². The van der Waals surface area contributed by atoms with Gasteiger partial charge in [0.05, 0.1) is 12.8 Å². The predicted molar refractivity (Wildman–Crippen MR) is 26.8 cm³/mol. The molecule has 31 valence electrons. The number of aliphatic imine (C=N–C) groups is 1. The van der Waals surface area contributed by atoms with E-state index in [-0.39, 0.29) is 0 Å². The molecule has 0 aromatic carbocycles. The van der Waals surface area contributed by atoms with Crippen LogP contribution in [0.25, 0.3) is 0 Å². The molecule has 1 radical (unpaired) electrons. The van der Waals surface area contributed by atoms with Crippen molar-refractivity contribution in [1.82, 2.24) is 0 Å². The summed E-state index contributed by atoms with van der Waals surface area (Å²) in [6, 6.07) is 0. The van der Waals surface area contributed by atoms with Crippen LogP contribution in [0.5, 0.6) is 0 Å². The van der Waals surface area contributed by atoms with E-state index >= 15 is 0 Å². The van der Waals surface area contributed by atoms with E-state index in [2.05, 4.69) is 17.1 Å². The Hall–Kier alpha value is -0.770. The molecule has 0 rings (SSSR count). The number of nitrogens with zero attached hydrogens (tertiary/aromatic N) is 1. The maximum absolute atomic E-state index is 4.83. The molecular weight excluding hydrogens is 74.1 g/mol. The van der Waals surface area contributed by atoms with Gasteiger partial charge < -0.3 is 0 Å². The van der Waals surface area contributed by atoms with Crippen LogP contribution in [0.15, 0.2) is 4.99 Å². The fraction of sp³-hybridized carbons (Fsp3) is 0.400. The molecule has 0 amide bonds. The van der Waals surface area contributed by atoms with Crippen LogP contribution in [-0.2, 0) is 0 Å². The van der Waals surface area contributed by atoms with Crippen LogP contribution < -0.4 is 0 Å². The maximum atomic E-state index is 4.83. The first-order valence-corrected chi connectivity index (χ1v) is 1.68. The lowest BCUT2D eigenvalue weighted by Gasteiger charge is -1.67. The average molecular weight is 80.1 g/mol. The molecule has 0 N–H and O–H groups in total. The van der Waals surface area contributed by atoms with Gasteiger partial charge in [0.1, 0.15) is 0 Å². The second-order valence-electron chi connectivity index (χ2n) is 0.744. The summed E-state index contributed by atoms with van der Waals surface area (Å²) in [4.78, 5) is 3.60. The summed E-state index contributed by atoms with van der Waals surface area (Å²) in [6.45, 7) is 2.17. The Morgan fingerprint density at radius 1 is 1.83 bits per heavy atom. The van der Waals surface area contributed by atoms with E-state index in [1.54, 1.807) is 6.92 Å². The largest absolute Gasteiger partial charge is 0.275 e. The Morgan fingerprint density at radius 3 is 2.67 bits per heavy atom. The first-order chi connectivity index (χ1) is 2.91. The zero-order chi connectivity index (χ0) is 4.83. The first-order valence-electron chi connectivity index (χ1n) is 1.68. The highest BCUT2D eigenvalue weighted by molar-refractivity contribution is 5.53. The summed E-state index contributed by atoms with van der Waals surface area (Å²) in [5.41, 5.74) is 0. The van der Waals surface area contributed by atoms with Crippen molar-refractivity contribution in [2.24, 2.45) is 4.99 Å². The lowest BCUT2D eigenvalue weighted by atomic mass is 10.7. The molecule has 0 saturated carbocycles. The highest BCUT2D eigenvalue weighted by Crippen LogP contribution is 1.58. The zero-order valence-electron chi connectivity index (χ0n) is 3.73. The number of hydrogen-bond acceptors (Lipinski definition) is 1. The molecule has 0 saturated heterocycles. The summed E-state index contributed by atoms with van der Waals surface area (Å²) in [7, 11) is 0. The molecule has 6 heavy (non-hydrogen) atoms. The van der Waals surface area contributed by atoms with E-state index < -0.39 is 0 Å². The van der Waals surface area contributed by atoms with Crippen LogP contribution in [0.4, 0.5) is 0 Å². The van der Waals surface area contributed by atoms with E-state index in [1.807, 2.05) is 0 Å². The molecular formula is C5H6N. The second kappa shape index (κ2) is 4.23. The van der Waals surface area contributed by atoms with Gasteiger partial charge in [0.2, 0.25) is 0 Å².